The molecule has 5 nitrogen and oxygen atoms in total. The summed E-state index contributed by atoms with van der Waals surface area (Å²) in [5, 5.41) is 6.42. The molecule has 5 heteroatoms. The number of Topliss-reactive ketones (excluding diaryl/α,β-unsaturated/α-hetero) is 1. The third kappa shape index (κ3) is 9.03. The van der Waals surface area contributed by atoms with Crippen LogP contribution in [0.15, 0.2) is 0 Å². The minimum Gasteiger partial charge on any atom is -0.338 e. The first-order valence-electron chi connectivity index (χ1n) is 19.6. The number of piperidine rings is 2. The Hall–Kier alpha value is -1.10. The van der Waals surface area contributed by atoms with Crippen LogP contribution < -0.4 is 10.6 Å². The molecule has 0 aromatic rings. The van der Waals surface area contributed by atoms with Crippen molar-refractivity contribution < 1.29 is 9.59 Å². The summed E-state index contributed by atoms with van der Waals surface area (Å²) in [5.41, 5.74) is 0.539. The van der Waals surface area contributed by atoms with Gasteiger partial charge in [0, 0.05) is 25.0 Å². The van der Waals surface area contributed by atoms with Gasteiger partial charge in [0.2, 0.25) is 0 Å². The molecule has 0 radical (unpaired) electrons. The lowest BCUT2D eigenvalue weighted by Gasteiger charge is -2.62. The second-order valence-electron chi connectivity index (χ2n) is 16.1. The molecule has 2 aliphatic heterocycles. The van der Waals surface area contributed by atoms with E-state index in [9.17, 15) is 9.59 Å². The summed E-state index contributed by atoms with van der Waals surface area (Å²) in [4.78, 5) is 27.7. The summed E-state index contributed by atoms with van der Waals surface area (Å²) in [6.45, 7) is 12.2. The van der Waals surface area contributed by atoms with E-state index in [0.717, 1.165) is 56.7 Å². The molecule has 0 aromatic heterocycles. The molecule has 4 fully saturated rings. The summed E-state index contributed by atoms with van der Waals surface area (Å²) in [7, 11) is 0. The Bertz CT molecular complexity index is 877. The van der Waals surface area contributed by atoms with Crippen LogP contribution in [-0.4, -0.2) is 47.9 Å². The summed E-state index contributed by atoms with van der Waals surface area (Å²) in [6, 6.07) is 0.134. The first-order chi connectivity index (χ1) is 21.3. The summed E-state index contributed by atoms with van der Waals surface area (Å²) < 4.78 is 0. The smallest absolute Gasteiger partial charge is 0.314 e. The second kappa shape index (κ2) is 17.7. The second-order valence-corrected chi connectivity index (χ2v) is 16.1. The van der Waals surface area contributed by atoms with Crippen molar-refractivity contribution in [3.8, 4) is 0 Å². The fraction of sp³-hybridized carbons (Fsp3) is 0.949. The fourth-order valence-corrected chi connectivity index (χ4v) is 10.5. The van der Waals surface area contributed by atoms with Gasteiger partial charge < -0.3 is 10.6 Å². The third-order valence-corrected chi connectivity index (χ3v) is 13.4. The largest absolute Gasteiger partial charge is 0.338 e. The van der Waals surface area contributed by atoms with Crippen LogP contribution in [-0.2, 0) is 4.79 Å². The van der Waals surface area contributed by atoms with Crippen molar-refractivity contribution in [2.45, 2.75) is 187 Å². The summed E-state index contributed by atoms with van der Waals surface area (Å²) in [5.74, 6) is 3.31. The zero-order valence-electron chi connectivity index (χ0n) is 29.5. The number of nitrogens with zero attached hydrogens (tertiary/aromatic N) is 1. The van der Waals surface area contributed by atoms with Gasteiger partial charge in [0.1, 0.15) is 5.78 Å². The molecule has 0 spiro atoms. The molecule has 2 saturated heterocycles. The average Bonchev–Trinajstić information content (AvgIpc) is 3.36. The van der Waals surface area contributed by atoms with Crippen molar-refractivity contribution in [1.29, 1.82) is 0 Å². The maximum atomic E-state index is 12.7. The Morgan fingerprint density at radius 1 is 0.750 bits per heavy atom. The molecule has 4 aliphatic rings. The van der Waals surface area contributed by atoms with Crippen LogP contribution in [0.4, 0.5) is 4.79 Å². The molecule has 7 atom stereocenters. The zero-order valence-corrected chi connectivity index (χ0v) is 29.5. The highest BCUT2D eigenvalue weighted by atomic mass is 16.2. The molecule has 2 unspecified atom stereocenters. The van der Waals surface area contributed by atoms with Gasteiger partial charge in [0.15, 0.2) is 0 Å². The van der Waals surface area contributed by atoms with Gasteiger partial charge in [-0.2, -0.15) is 0 Å². The van der Waals surface area contributed by atoms with Gasteiger partial charge in [-0.25, -0.2) is 4.79 Å². The van der Waals surface area contributed by atoms with Gasteiger partial charge in [-0.15, -0.1) is 0 Å². The van der Waals surface area contributed by atoms with E-state index in [1.54, 1.807) is 0 Å². The number of urea groups is 1. The van der Waals surface area contributed by atoms with E-state index in [2.05, 4.69) is 43.2 Å². The van der Waals surface area contributed by atoms with Crippen LogP contribution in [0.1, 0.15) is 175 Å². The summed E-state index contributed by atoms with van der Waals surface area (Å²) >= 11 is 0. The molecule has 0 bridgehead atoms. The maximum Gasteiger partial charge on any atom is 0.314 e. The number of hydrogen-bond donors (Lipinski definition) is 2. The van der Waals surface area contributed by atoms with E-state index in [1.165, 1.54) is 128 Å². The molecule has 4 rings (SSSR count). The highest BCUT2D eigenvalue weighted by Crippen LogP contribution is 2.63. The van der Waals surface area contributed by atoms with Gasteiger partial charge in [0.25, 0.3) is 0 Å². The van der Waals surface area contributed by atoms with Gasteiger partial charge in [-0.1, -0.05) is 110 Å². The van der Waals surface area contributed by atoms with Crippen molar-refractivity contribution in [1.82, 2.24) is 15.5 Å². The van der Waals surface area contributed by atoms with E-state index in [-0.39, 0.29) is 17.6 Å². The first-order valence-corrected chi connectivity index (χ1v) is 19.6. The quantitative estimate of drug-likeness (QED) is 0.143. The molecule has 2 N–H and O–H groups in total. The number of carbonyl (C=O) groups is 2. The van der Waals surface area contributed by atoms with E-state index >= 15 is 0 Å². The molecular formula is C39H71N3O2. The van der Waals surface area contributed by atoms with Gasteiger partial charge >= 0.3 is 6.03 Å². The van der Waals surface area contributed by atoms with Crippen LogP contribution in [0.5, 0.6) is 0 Å². The number of unbranched alkanes of at least 4 members (excludes halogenated alkanes) is 15. The minimum absolute atomic E-state index is 0.0355. The van der Waals surface area contributed by atoms with Gasteiger partial charge in [-0.3, -0.25) is 9.69 Å². The van der Waals surface area contributed by atoms with Crippen LogP contribution in [0.25, 0.3) is 0 Å². The van der Waals surface area contributed by atoms with Crippen molar-refractivity contribution in [2.24, 2.45) is 29.1 Å². The number of amides is 2. The Kier molecular flexibility index (Phi) is 14.4. The third-order valence-electron chi connectivity index (χ3n) is 13.4. The fourth-order valence-electron chi connectivity index (χ4n) is 10.5. The number of nitrogens with one attached hydrogen (secondary N) is 2. The molecule has 2 amide bonds. The molecule has 0 aromatic carbocycles. The SMILES string of the molecule is CCCCCCCCCCCCCCCCCCNC(=O)NCC1CC[C@H]2[C@@H]3CCN4C(C)C(=O)CC[C@]4(C)[C@@H]3CC[C@]12C. The number of fused-ring (bicyclic) bond motifs is 5. The van der Waals surface area contributed by atoms with E-state index in [0.29, 0.717) is 17.1 Å². The van der Waals surface area contributed by atoms with Crippen molar-refractivity contribution in [2.75, 3.05) is 19.6 Å². The number of rotatable bonds is 19. The molecule has 2 saturated carbocycles. The Morgan fingerprint density at radius 2 is 1.34 bits per heavy atom. The Morgan fingerprint density at radius 3 is 1.95 bits per heavy atom. The Labute approximate surface area is 272 Å². The minimum atomic E-state index is 0.0355. The molecular weight excluding hydrogens is 542 g/mol. The van der Waals surface area contributed by atoms with E-state index in [1.807, 2.05) is 0 Å². The van der Waals surface area contributed by atoms with Crippen molar-refractivity contribution in [3.63, 3.8) is 0 Å². The number of ketones is 1. The molecule has 44 heavy (non-hydrogen) atoms. The van der Waals surface area contributed by atoms with Crippen LogP contribution in [0.2, 0.25) is 0 Å². The lowest BCUT2D eigenvalue weighted by atomic mass is 9.51. The number of carbonyl (C=O) groups excluding carboxylic acids is 2. The predicted molar refractivity (Wildman–Crippen MR) is 185 cm³/mol. The topological polar surface area (TPSA) is 61.4 Å². The van der Waals surface area contributed by atoms with E-state index < -0.39 is 0 Å². The monoisotopic (exact) mass is 614 g/mol. The average molecular weight is 614 g/mol. The van der Waals surface area contributed by atoms with Crippen LogP contribution in [0.3, 0.4) is 0 Å². The highest BCUT2D eigenvalue weighted by molar-refractivity contribution is 5.84. The first kappa shape index (κ1) is 35.7. The van der Waals surface area contributed by atoms with Gasteiger partial charge in [0.05, 0.1) is 6.04 Å². The van der Waals surface area contributed by atoms with E-state index in [4.69, 9.17) is 0 Å². The highest BCUT2D eigenvalue weighted by Gasteiger charge is 2.60. The zero-order chi connectivity index (χ0) is 31.4. The van der Waals surface area contributed by atoms with Crippen molar-refractivity contribution in [3.05, 3.63) is 0 Å². The molecule has 2 aliphatic carbocycles. The summed E-state index contributed by atoms with van der Waals surface area (Å²) in [6.07, 6.45) is 30.2. The van der Waals surface area contributed by atoms with Crippen LogP contribution >= 0.6 is 0 Å². The molecule has 254 valence electrons. The lowest BCUT2D eigenvalue weighted by molar-refractivity contribution is -0.153. The predicted octanol–water partition coefficient (Wildman–Crippen LogP) is 9.82. The lowest BCUT2D eigenvalue weighted by Crippen LogP contribution is -2.67. The normalized spacial score (nSPS) is 33.5. The maximum absolute atomic E-state index is 12.7. The van der Waals surface area contributed by atoms with Crippen LogP contribution in [0, 0.1) is 29.1 Å². The number of hydrogen-bond acceptors (Lipinski definition) is 3. The Balaban J connectivity index is 1.02. The standard InChI is InChI=1S/C39H71N3O2/c1-5-6-7-8-9-10-11-12-13-14-15-16-17-18-19-20-28-40-37(44)41-30-32-21-22-34-33-25-29-42-31(2)36(43)24-27-39(42,4)35(33)23-26-38(32,34)3/h31-35H,5-30H2,1-4H3,(H2,40,41,44)/t31?,32?,33-,34-,35+,38+,39+/m0/s1. The molecule has 2 heterocycles. The van der Waals surface area contributed by atoms with Crippen molar-refractivity contribution >= 4 is 11.8 Å². The van der Waals surface area contributed by atoms with Gasteiger partial charge in [-0.05, 0) is 94.4 Å².